The average molecular weight is 367 g/mol. The molecule has 0 radical (unpaired) electrons. The fraction of sp³-hybridized carbons (Fsp3) is 0.100. The van der Waals surface area contributed by atoms with E-state index in [0.717, 1.165) is 11.3 Å². The highest BCUT2D eigenvalue weighted by molar-refractivity contribution is 7.07. The summed E-state index contributed by atoms with van der Waals surface area (Å²) in [5.41, 5.74) is 0.722. The lowest BCUT2D eigenvalue weighted by atomic mass is 10.2. The van der Waals surface area contributed by atoms with Crippen molar-refractivity contribution in [2.24, 2.45) is 7.05 Å². The number of benzene rings is 1. The molecule has 0 aliphatic rings. The summed E-state index contributed by atoms with van der Waals surface area (Å²) in [6, 6.07) is 10.6. The SMILES string of the molecule is C=CCOc1ccc(/C=c2\s/c(=C\C(=O)c3ccco3)n(C)c2=O)cc1. The van der Waals surface area contributed by atoms with Gasteiger partial charge in [-0.3, -0.25) is 9.59 Å². The van der Waals surface area contributed by atoms with Crippen molar-refractivity contribution >= 4 is 29.3 Å². The Hall–Kier alpha value is -3.12. The first-order valence-corrected chi connectivity index (χ1v) is 8.71. The lowest BCUT2D eigenvalue weighted by Crippen LogP contribution is -2.29. The monoisotopic (exact) mass is 367 g/mol. The van der Waals surface area contributed by atoms with Gasteiger partial charge in [0.25, 0.3) is 5.56 Å². The highest BCUT2D eigenvalue weighted by Crippen LogP contribution is 2.12. The zero-order valence-corrected chi connectivity index (χ0v) is 15.0. The van der Waals surface area contributed by atoms with Crippen molar-refractivity contribution in [2.45, 2.75) is 0 Å². The third-order valence-corrected chi connectivity index (χ3v) is 4.74. The van der Waals surface area contributed by atoms with Crippen LogP contribution in [0.1, 0.15) is 16.1 Å². The number of hydrogen-bond donors (Lipinski definition) is 0. The van der Waals surface area contributed by atoms with Gasteiger partial charge in [-0.05, 0) is 35.9 Å². The van der Waals surface area contributed by atoms with Crippen molar-refractivity contribution in [3.63, 3.8) is 0 Å². The minimum absolute atomic E-state index is 0.152. The zero-order valence-electron chi connectivity index (χ0n) is 14.2. The molecule has 132 valence electrons. The molecule has 2 heterocycles. The molecule has 0 saturated heterocycles. The van der Waals surface area contributed by atoms with E-state index >= 15 is 0 Å². The molecule has 26 heavy (non-hydrogen) atoms. The number of hydrogen-bond acceptors (Lipinski definition) is 5. The largest absolute Gasteiger partial charge is 0.490 e. The van der Waals surface area contributed by atoms with E-state index in [-0.39, 0.29) is 17.1 Å². The van der Waals surface area contributed by atoms with Crippen LogP contribution in [-0.4, -0.2) is 17.0 Å². The Morgan fingerprint density at radius 1 is 1.31 bits per heavy atom. The minimum Gasteiger partial charge on any atom is -0.490 e. The molecule has 5 nitrogen and oxygen atoms in total. The van der Waals surface area contributed by atoms with Crippen molar-refractivity contribution in [3.05, 3.63) is 86.2 Å². The van der Waals surface area contributed by atoms with E-state index < -0.39 is 0 Å². The maximum absolute atomic E-state index is 12.4. The first-order valence-electron chi connectivity index (χ1n) is 7.89. The van der Waals surface area contributed by atoms with Crippen molar-refractivity contribution in [2.75, 3.05) is 6.61 Å². The van der Waals surface area contributed by atoms with Crippen LogP contribution in [0, 0.1) is 0 Å². The number of Topliss-reactive ketones (excluding diaryl/α,β-unsaturated/α-hetero) is 1. The number of carbonyl (C=O) groups is 1. The molecule has 0 fully saturated rings. The summed E-state index contributed by atoms with van der Waals surface area (Å²) in [5, 5.41) is 0. The van der Waals surface area contributed by atoms with Gasteiger partial charge < -0.3 is 13.7 Å². The molecule has 2 aromatic heterocycles. The molecule has 0 aliphatic carbocycles. The van der Waals surface area contributed by atoms with Crippen LogP contribution in [0.2, 0.25) is 0 Å². The Kier molecular flexibility index (Phi) is 5.34. The molecule has 0 unspecified atom stereocenters. The second kappa shape index (κ2) is 7.84. The van der Waals surface area contributed by atoms with Crippen LogP contribution in [0.15, 0.2) is 64.5 Å². The van der Waals surface area contributed by atoms with Gasteiger partial charge in [0.2, 0.25) is 5.78 Å². The van der Waals surface area contributed by atoms with Crippen molar-refractivity contribution in [1.29, 1.82) is 0 Å². The average Bonchev–Trinajstić information content (AvgIpc) is 3.27. The Bertz CT molecular complexity index is 1090. The van der Waals surface area contributed by atoms with Crippen LogP contribution in [-0.2, 0) is 7.05 Å². The first-order chi connectivity index (χ1) is 12.6. The van der Waals surface area contributed by atoms with Gasteiger partial charge in [-0.2, -0.15) is 0 Å². The van der Waals surface area contributed by atoms with Gasteiger partial charge in [-0.15, -0.1) is 11.3 Å². The first kappa shape index (κ1) is 17.7. The number of thiazole rings is 1. The maximum atomic E-state index is 12.4. The number of furan rings is 1. The molecule has 3 aromatic rings. The summed E-state index contributed by atoms with van der Waals surface area (Å²) < 4.78 is 13.1. The second-order valence-corrected chi connectivity index (χ2v) is 6.53. The quantitative estimate of drug-likeness (QED) is 0.494. The van der Waals surface area contributed by atoms with E-state index in [0.29, 0.717) is 15.8 Å². The molecule has 0 N–H and O–H groups in total. The van der Waals surface area contributed by atoms with Gasteiger partial charge in [-0.25, -0.2) is 0 Å². The van der Waals surface area contributed by atoms with Crippen LogP contribution in [0.3, 0.4) is 0 Å². The van der Waals surface area contributed by atoms with Crippen molar-refractivity contribution in [1.82, 2.24) is 4.57 Å². The van der Waals surface area contributed by atoms with E-state index in [1.807, 2.05) is 24.3 Å². The maximum Gasteiger partial charge on any atom is 0.268 e. The van der Waals surface area contributed by atoms with Crippen molar-refractivity contribution < 1.29 is 13.9 Å². The molecule has 0 spiro atoms. The highest BCUT2D eigenvalue weighted by Gasteiger charge is 2.07. The number of aromatic nitrogens is 1. The molecule has 3 rings (SSSR count). The molecular weight excluding hydrogens is 350 g/mol. The lowest BCUT2D eigenvalue weighted by molar-refractivity contribution is 0.103. The topological polar surface area (TPSA) is 61.4 Å². The summed E-state index contributed by atoms with van der Waals surface area (Å²) in [6.45, 7) is 4.05. The fourth-order valence-corrected chi connectivity index (χ4v) is 3.31. The number of rotatable bonds is 6. The van der Waals surface area contributed by atoms with Gasteiger partial charge in [0.1, 0.15) is 17.0 Å². The number of ether oxygens (including phenoxy) is 1. The molecule has 0 aliphatic heterocycles. The summed E-state index contributed by atoms with van der Waals surface area (Å²) in [6.07, 6.45) is 6.32. The second-order valence-electron chi connectivity index (χ2n) is 5.47. The van der Waals surface area contributed by atoms with Gasteiger partial charge in [0.15, 0.2) is 5.76 Å². The minimum atomic E-state index is -0.276. The van der Waals surface area contributed by atoms with Crippen LogP contribution in [0.5, 0.6) is 5.75 Å². The number of carbonyl (C=O) groups excluding carboxylic acids is 1. The molecule has 6 heteroatoms. The standard InChI is InChI=1S/C20H17NO4S/c1-3-10-24-15-8-6-14(7-9-15)12-18-20(23)21(2)19(26-18)13-16(22)17-5-4-11-25-17/h3-9,11-13H,1,10H2,2H3/b18-12-,19-13-. The van der Waals surface area contributed by atoms with Crippen molar-refractivity contribution in [3.8, 4) is 5.75 Å². The van der Waals surface area contributed by atoms with E-state index in [2.05, 4.69) is 6.58 Å². The molecule has 1 aromatic carbocycles. The van der Waals surface area contributed by atoms with Crippen LogP contribution in [0.4, 0.5) is 0 Å². The van der Waals surface area contributed by atoms with Gasteiger partial charge in [0, 0.05) is 13.1 Å². The molecule has 0 saturated carbocycles. The highest BCUT2D eigenvalue weighted by atomic mass is 32.1. The Balaban J connectivity index is 1.94. The van der Waals surface area contributed by atoms with E-state index in [1.165, 1.54) is 28.2 Å². The number of nitrogens with zero attached hydrogens (tertiary/aromatic N) is 1. The van der Waals surface area contributed by atoms with E-state index in [9.17, 15) is 9.59 Å². The van der Waals surface area contributed by atoms with Gasteiger partial charge in [-0.1, -0.05) is 24.8 Å². The summed E-state index contributed by atoms with van der Waals surface area (Å²) in [7, 11) is 1.64. The molecule has 0 atom stereocenters. The van der Waals surface area contributed by atoms with Crippen LogP contribution in [0.25, 0.3) is 12.2 Å². The summed E-state index contributed by atoms with van der Waals surface area (Å²) >= 11 is 1.26. The normalized spacial score (nSPS) is 12.3. The molecular formula is C20H17NO4S. The number of ketones is 1. The van der Waals surface area contributed by atoms with Crippen LogP contribution >= 0.6 is 11.3 Å². The Morgan fingerprint density at radius 3 is 2.73 bits per heavy atom. The predicted octanol–water partition coefficient (Wildman–Crippen LogP) is 2.10. The lowest BCUT2D eigenvalue weighted by Gasteiger charge is -2.02. The van der Waals surface area contributed by atoms with E-state index in [1.54, 1.807) is 31.3 Å². The molecule has 0 bridgehead atoms. The third kappa shape index (κ3) is 3.92. The zero-order chi connectivity index (χ0) is 18.5. The Morgan fingerprint density at radius 2 is 2.08 bits per heavy atom. The fourth-order valence-electron chi connectivity index (χ4n) is 2.28. The molecule has 0 amide bonds. The third-order valence-electron chi connectivity index (χ3n) is 3.62. The van der Waals surface area contributed by atoms with Gasteiger partial charge in [0.05, 0.1) is 10.8 Å². The predicted molar refractivity (Wildman–Crippen MR) is 102 cm³/mol. The van der Waals surface area contributed by atoms with Gasteiger partial charge >= 0.3 is 0 Å². The van der Waals surface area contributed by atoms with Crippen LogP contribution < -0.4 is 19.5 Å². The Labute approximate surface area is 153 Å². The van der Waals surface area contributed by atoms with E-state index in [4.69, 9.17) is 9.15 Å². The summed E-state index contributed by atoms with van der Waals surface area (Å²) in [5.74, 6) is 0.702. The smallest absolute Gasteiger partial charge is 0.268 e. The summed E-state index contributed by atoms with van der Waals surface area (Å²) in [4.78, 5) is 24.6.